The minimum atomic E-state index is 0.141. The predicted molar refractivity (Wildman–Crippen MR) is 73.2 cm³/mol. The number of nitrogens with one attached hydrogen (secondary N) is 1. The summed E-state index contributed by atoms with van der Waals surface area (Å²) in [5, 5.41) is 4.26. The van der Waals surface area contributed by atoms with Crippen LogP contribution in [0.15, 0.2) is 48.5 Å². The van der Waals surface area contributed by atoms with E-state index < -0.39 is 0 Å². The number of hydrogen-bond acceptors (Lipinski definition) is 2. The number of hydrogen-bond donors (Lipinski definition) is 1. The first-order valence-corrected chi connectivity index (χ1v) is 6.43. The molecule has 0 aromatic heterocycles. The summed E-state index contributed by atoms with van der Waals surface area (Å²) in [7, 11) is 0. The van der Waals surface area contributed by atoms with Crippen LogP contribution in [0.5, 0.6) is 5.75 Å². The molecule has 0 amide bonds. The molecule has 0 saturated heterocycles. The molecule has 3 rings (SSSR count). The van der Waals surface area contributed by atoms with E-state index in [2.05, 4.69) is 17.4 Å². The van der Waals surface area contributed by atoms with E-state index in [4.69, 9.17) is 16.3 Å². The first kappa shape index (κ1) is 11.6. The predicted octanol–water partition coefficient (Wildman–Crippen LogP) is 3.41. The lowest BCUT2D eigenvalue weighted by atomic mass is 9.98. The highest BCUT2D eigenvalue weighted by Gasteiger charge is 2.20. The van der Waals surface area contributed by atoms with Gasteiger partial charge in [0.1, 0.15) is 12.4 Å². The Bertz CT molecular complexity index is 556. The fraction of sp³-hybridized carbons (Fsp3) is 0.200. The molecule has 3 heteroatoms. The average molecular weight is 260 g/mol. The van der Waals surface area contributed by atoms with Crippen LogP contribution in [0.3, 0.4) is 0 Å². The van der Waals surface area contributed by atoms with Crippen LogP contribution in [0.2, 0.25) is 5.02 Å². The van der Waals surface area contributed by atoms with Crippen LogP contribution >= 0.6 is 11.6 Å². The van der Waals surface area contributed by atoms with Crippen LogP contribution in [-0.2, 0) is 0 Å². The van der Waals surface area contributed by atoms with Crippen molar-refractivity contribution in [2.75, 3.05) is 13.2 Å². The molecule has 0 spiro atoms. The average Bonchev–Trinajstić information content (AvgIpc) is 2.61. The number of benzene rings is 2. The topological polar surface area (TPSA) is 21.3 Å². The van der Waals surface area contributed by atoms with Gasteiger partial charge in [-0.3, -0.25) is 0 Å². The minimum absolute atomic E-state index is 0.141. The summed E-state index contributed by atoms with van der Waals surface area (Å²) in [5.41, 5.74) is 2.33. The number of para-hydroxylation sites is 1. The summed E-state index contributed by atoms with van der Waals surface area (Å²) in [4.78, 5) is 0. The van der Waals surface area contributed by atoms with E-state index in [-0.39, 0.29) is 6.04 Å². The zero-order valence-corrected chi connectivity index (χ0v) is 10.7. The summed E-state index contributed by atoms with van der Waals surface area (Å²) >= 11 is 6.07. The van der Waals surface area contributed by atoms with Crippen molar-refractivity contribution in [3.05, 3.63) is 64.7 Å². The lowest BCUT2D eigenvalue weighted by Gasteiger charge is -2.18. The van der Waals surface area contributed by atoms with Gasteiger partial charge in [0, 0.05) is 17.1 Å². The van der Waals surface area contributed by atoms with E-state index in [9.17, 15) is 0 Å². The quantitative estimate of drug-likeness (QED) is 0.847. The Morgan fingerprint density at radius 3 is 2.89 bits per heavy atom. The van der Waals surface area contributed by atoms with E-state index in [0.29, 0.717) is 6.61 Å². The zero-order chi connectivity index (χ0) is 12.4. The summed E-state index contributed by atoms with van der Waals surface area (Å²) < 4.78 is 5.73. The van der Waals surface area contributed by atoms with Gasteiger partial charge in [-0.05, 0) is 23.8 Å². The molecule has 1 aliphatic heterocycles. The lowest BCUT2D eigenvalue weighted by Crippen LogP contribution is -2.23. The number of ether oxygens (including phenoxy) is 1. The van der Waals surface area contributed by atoms with Gasteiger partial charge in [0.05, 0.1) is 6.04 Å². The fourth-order valence-corrected chi connectivity index (χ4v) is 2.51. The maximum atomic E-state index is 6.07. The van der Waals surface area contributed by atoms with Crippen molar-refractivity contribution >= 4 is 11.6 Å². The van der Waals surface area contributed by atoms with Crippen molar-refractivity contribution in [3.63, 3.8) is 0 Å². The van der Waals surface area contributed by atoms with E-state index in [1.165, 1.54) is 5.56 Å². The highest BCUT2D eigenvalue weighted by atomic mass is 35.5. The van der Waals surface area contributed by atoms with Gasteiger partial charge in [-0.1, -0.05) is 41.9 Å². The second kappa shape index (κ2) is 5.01. The van der Waals surface area contributed by atoms with Crippen LogP contribution in [0.1, 0.15) is 17.2 Å². The first-order valence-electron chi connectivity index (χ1n) is 6.05. The maximum absolute atomic E-state index is 6.07. The summed E-state index contributed by atoms with van der Waals surface area (Å²) in [6, 6.07) is 16.2. The Morgan fingerprint density at radius 1 is 1.11 bits per heavy atom. The molecule has 2 aromatic rings. The number of rotatable bonds is 1. The molecule has 2 nitrogen and oxygen atoms in total. The molecule has 18 heavy (non-hydrogen) atoms. The van der Waals surface area contributed by atoms with E-state index in [1.54, 1.807) is 0 Å². The Balaban J connectivity index is 2.06. The van der Waals surface area contributed by atoms with Crippen molar-refractivity contribution in [1.82, 2.24) is 5.32 Å². The Labute approximate surface area is 112 Å². The summed E-state index contributed by atoms with van der Waals surface area (Å²) in [5.74, 6) is 0.951. The Morgan fingerprint density at radius 2 is 2.00 bits per heavy atom. The van der Waals surface area contributed by atoms with Crippen molar-refractivity contribution < 1.29 is 4.74 Å². The minimum Gasteiger partial charge on any atom is -0.492 e. The Kier molecular flexibility index (Phi) is 3.22. The van der Waals surface area contributed by atoms with Crippen LogP contribution in [0, 0.1) is 0 Å². The van der Waals surface area contributed by atoms with Crippen molar-refractivity contribution in [2.45, 2.75) is 6.04 Å². The van der Waals surface area contributed by atoms with Gasteiger partial charge in [-0.15, -0.1) is 0 Å². The molecule has 0 bridgehead atoms. The van der Waals surface area contributed by atoms with Gasteiger partial charge in [-0.25, -0.2) is 0 Å². The molecule has 0 saturated carbocycles. The molecule has 1 N–H and O–H groups in total. The number of halogens is 1. The third kappa shape index (κ3) is 2.22. The fourth-order valence-electron chi connectivity index (χ4n) is 2.31. The summed E-state index contributed by atoms with van der Waals surface area (Å²) in [6.07, 6.45) is 0. The van der Waals surface area contributed by atoms with Gasteiger partial charge in [-0.2, -0.15) is 0 Å². The van der Waals surface area contributed by atoms with Crippen molar-refractivity contribution in [3.8, 4) is 5.75 Å². The molecule has 92 valence electrons. The van der Waals surface area contributed by atoms with Crippen LogP contribution < -0.4 is 10.1 Å². The number of fused-ring (bicyclic) bond motifs is 1. The lowest BCUT2D eigenvalue weighted by molar-refractivity contribution is 0.325. The molecule has 0 radical (unpaired) electrons. The van der Waals surface area contributed by atoms with Gasteiger partial charge in [0.25, 0.3) is 0 Å². The second-order valence-electron chi connectivity index (χ2n) is 4.33. The standard InChI is InChI=1S/C15H14ClNO/c16-12-5-3-4-11(10-12)15-13-6-1-2-7-14(13)18-9-8-17-15/h1-7,10,15,17H,8-9H2. The van der Waals surface area contributed by atoms with E-state index >= 15 is 0 Å². The Hall–Kier alpha value is -1.51. The molecular formula is C15H14ClNO. The van der Waals surface area contributed by atoms with Gasteiger partial charge in [0.2, 0.25) is 0 Å². The highest BCUT2D eigenvalue weighted by molar-refractivity contribution is 6.30. The molecule has 0 aliphatic carbocycles. The van der Waals surface area contributed by atoms with E-state index in [1.807, 2.05) is 36.4 Å². The molecule has 1 heterocycles. The molecule has 1 atom stereocenters. The monoisotopic (exact) mass is 259 g/mol. The highest BCUT2D eigenvalue weighted by Crippen LogP contribution is 2.32. The molecule has 1 aliphatic rings. The van der Waals surface area contributed by atoms with Gasteiger partial charge >= 0.3 is 0 Å². The van der Waals surface area contributed by atoms with Crippen LogP contribution in [-0.4, -0.2) is 13.2 Å². The summed E-state index contributed by atoms with van der Waals surface area (Å²) in [6.45, 7) is 1.51. The smallest absolute Gasteiger partial charge is 0.124 e. The molecular weight excluding hydrogens is 246 g/mol. The molecule has 0 fully saturated rings. The third-order valence-electron chi connectivity index (χ3n) is 3.12. The van der Waals surface area contributed by atoms with Gasteiger partial charge in [0.15, 0.2) is 0 Å². The zero-order valence-electron chi connectivity index (χ0n) is 9.90. The van der Waals surface area contributed by atoms with E-state index in [0.717, 1.165) is 22.9 Å². The largest absolute Gasteiger partial charge is 0.492 e. The normalized spacial score (nSPS) is 18.6. The molecule has 2 aromatic carbocycles. The van der Waals surface area contributed by atoms with Crippen LogP contribution in [0.25, 0.3) is 0 Å². The second-order valence-corrected chi connectivity index (χ2v) is 4.76. The first-order chi connectivity index (χ1) is 8.84. The van der Waals surface area contributed by atoms with Gasteiger partial charge < -0.3 is 10.1 Å². The van der Waals surface area contributed by atoms with Crippen LogP contribution in [0.4, 0.5) is 0 Å². The van der Waals surface area contributed by atoms with Crippen molar-refractivity contribution in [2.24, 2.45) is 0 Å². The maximum Gasteiger partial charge on any atom is 0.124 e. The SMILES string of the molecule is Clc1cccc(C2NCCOc3ccccc32)c1. The van der Waals surface area contributed by atoms with Crippen molar-refractivity contribution in [1.29, 1.82) is 0 Å². The molecule has 1 unspecified atom stereocenters. The third-order valence-corrected chi connectivity index (χ3v) is 3.36.